The van der Waals surface area contributed by atoms with E-state index in [-0.39, 0.29) is 5.41 Å². The van der Waals surface area contributed by atoms with Crippen molar-refractivity contribution in [1.29, 1.82) is 0 Å². The van der Waals surface area contributed by atoms with E-state index in [1.54, 1.807) is 21.6 Å². The highest BCUT2D eigenvalue weighted by Gasteiger charge is 2.28. The minimum Gasteiger partial charge on any atom is -0.299 e. The average Bonchev–Trinajstić information content (AvgIpc) is 3.29. The summed E-state index contributed by atoms with van der Waals surface area (Å²) in [4.78, 5) is 21.4. The molecule has 0 amide bonds. The Labute approximate surface area is 174 Å². The zero-order chi connectivity index (χ0) is 20.9. The first kappa shape index (κ1) is 18.7. The minimum atomic E-state index is 0.0195. The molecule has 1 aliphatic carbocycles. The van der Waals surface area contributed by atoms with E-state index in [0.717, 1.165) is 34.6 Å². The lowest BCUT2D eigenvalue weighted by atomic mass is 9.79. The highest BCUT2D eigenvalue weighted by Crippen LogP contribution is 2.35. The Morgan fingerprint density at radius 3 is 2.87 bits per heavy atom. The van der Waals surface area contributed by atoms with Crippen LogP contribution in [0.25, 0.3) is 17.0 Å². The Morgan fingerprint density at radius 2 is 2.07 bits per heavy atom. The summed E-state index contributed by atoms with van der Waals surface area (Å²) in [6.45, 7) is 4.45. The third-order valence-electron chi connectivity index (χ3n) is 5.94. The van der Waals surface area contributed by atoms with Crippen LogP contribution in [0.3, 0.4) is 0 Å². The smallest absolute Gasteiger partial charge is 0.166 e. The van der Waals surface area contributed by atoms with Crippen LogP contribution in [-0.4, -0.2) is 35.1 Å². The van der Waals surface area contributed by atoms with Crippen molar-refractivity contribution in [3.05, 3.63) is 65.4 Å². The number of aromatic nitrogens is 6. The molecule has 0 radical (unpaired) electrons. The Morgan fingerprint density at radius 1 is 1.20 bits per heavy atom. The van der Waals surface area contributed by atoms with Crippen molar-refractivity contribution >= 4 is 11.4 Å². The van der Waals surface area contributed by atoms with E-state index in [9.17, 15) is 4.79 Å². The number of carbonyl (C=O) groups excluding carboxylic acids is 1. The van der Waals surface area contributed by atoms with Crippen LogP contribution in [0.2, 0.25) is 0 Å². The van der Waals surface area contributed by atoms with Gasteiger partial charge in [-0.25, -0.2) is 9.97 Å². The van der Waals surface area contributed by atoms with Gasteiger partial charge >= 0.3 is 0 Å². The summed E-state index contributed by atoms with van der Waals surface area (Å²) in [6.07, 6.45) is 8.09. The van der Waals surface area contributed by atoms with Gasteiger partial charge in [0.15, 0.2) is 17.3 Å². The first-order valence-electron chi connectivity index (χ1n) is 10.2. The van der Waals surface area contributed by atoms with E-state index < -0.39 is 0 Å². The molecule has 0 fully saturated rings. The lowest BCUT2D eigenvalue weighted by molar-refractivity contribution is -0.118. The summed E-state index contributed by atoms with van der Waals surface area (Å²) in [6, 6.07) is 8.34. The van der Waals surface area contributed by atoms with Crippen LogP contribution in [0.15, 0.2) is 42.9 Å². The van der Waals surface area contributed by atoms with Gasteiger partial charge in [-0.05, 0) is 28.5 Å². The van der Waals surface area contributed by atoms with E-state index >= 15 is 0 Å². The van der Waals surface area contributed by atoms with Crippen LogP contribution < -0.4 is 0 Å². The minimum absolute atomic E-state index is 0.0195. The van der Waals surface area contributed by atoms with Crippen molar-refractivity contribution in [1.82, 2.24) is 29.4 Å². The van der Waals surface area contributed by atoms with Gasteiger partial charge in [-0.15, -0.1) is 5.10 Å². The van der Waals surface area contributed by atoms with Crippen LogP contribution >= 0.6 is 0 Å². The molecule has 7 nitrogen and oxygen atoms in total. The predicted octanol–water partition coefficient (Wildman–Crippen LogP) is 3.30. The molecule has 3 aromatic heterocycles. The number of nitrogens with zero attached hydrogens (tertiary/aromatic N) is 6. The van der Waals surface area contributed by atoms with Crippen LogP contribution in [0, 0.1) is 0 Å². The van der Waals surface area contributed by atoms with Crippen molar-refractivity contribution in [2.24, 2.45) is 7.05 Å². The second-order valence-electron chi connectivity index (χ2n) is 8.74. The van der Waals surface area contributed by atoms with Gasteiger partial charge in [0, 0.05) is 44.8 Å². The maximum absolute atomic E-state index is 12.3. The SMILES string of the molecule is Cn1cc(-c2nccc3nc(Cc4ccc5c(c4)CC(=O)CCC5(C)C)nn23)cn1. The van der Waals surface area contributed by atoms with Gasteiger partial charge in [0.05, 0.1) is 11.8 Å². The number of rotatable bonds is 3. The lowest BCUT2D eigenvalue weighted by Crippen LogP contribution is -2.17. The van der Waals surface area contributed by atoms with Gasteiger partial charge < -0.3 is 0 Å². The number of Topliss-reactive ketones (excluding diaryl/α,β-unsaturated/α-hetero) is 1. The fourth-order valence-electron chi connectivity index (χ4n) is 4.30. The first-order chi connectivity index (χ1) is 14.4. The second-order valence-corrected chi connectivity index (χ2v) is 8.74. The number of hydrogen-bond donors (Lipinski definition) is 0. The standard InChI is InChI=1S/C23H24N6O/c1-23(2)8-6-18(30)12-16-10-15(4-5-19(16)23)11-20-26-21-7-9-24-22(29(21)27-20)17-13-25-28(3)14-17/h4-5,7,9-10,13-14H,6,8,11-12H2,1-3H3. The molecule has 1 aliphatic rings. The van der Waals surface area contributed by atoms with Crippen molar-refractivity contribution < 1.29 is 4.79 Å². The molecule has 0 bridgehead atoms. The molecule has 0 spiro atoms. The summed E-state index contributed by atoms with van der Waals surface area (Å²) in [7, 11) is 1.88. The second kappa shape index (κ2) is 6.86. The third-order valence-corrected chi connectivity index (χ3v) is 5.94. The Kier molecular flexibility index (Phi) is 4.27. The summed E-state index contributed by atoms with van der Waals surface area (Å²) in [5, 5.41) is 8.94. The zero-order valence-electron chi connectivity index (χ0n) is 17.5. The number of carbonyl (C=O) groups is 1. The first-order valence-corrected chi connectivity index (χ1v) is 10.2. The van der Waals surface area contributed by atoms with Crippen molar-refractivity contribution in [3.63, 3.8) is 0 Å². The molecule has 5 rings (SSSR count). The van der Waals surface area contributed by atoms with Crippen molar-refractivity contribution in [2.45, 2.75) is 44.9 Å². The molecule has 0 saturated carbocycles. The quantitative estimate of drug-likeness (QED) is 0.493. The summed E-state index contributed by atoms with van der Waals surface area (Å²) in [5.74, 6) is 1.76. The van der Waals surface area contributed by atoms with E-state index in [0.29, 0.717) is 30.9 Å². The highest BCUT2D eigenvalue weighted by molar-refractivity contribution is 5.82. The van der Waals surface area contributed by atoms with Gasteiger partial charge in [-0.1, -0.05) is 32.0 Å². The van der Waals surface area contributed by atoms with Crippen LogP contribution in [0.1, 0.15) is 49.2 Å². The number of benzene rings is 1. The summed E-state index contributed by atoms with van der Waals surface area (Å²) in [5.41, 5.74) is 5.21. The van der Waals surface area contributed by atoms with E-state index in [4.69, 9.17) is 10.1 Å². The lowest BCUT2D eigenvalue weighted by Gasteiger charge is -2.25. The number of ketones is 1. The molecule has 0 saturated heterocycles. The Hall–Kier alpha value is -3.35. The van der Waals surface area contributed by atoms with Crippen LogP contribution in [-0.2, 0) is 30.1 Å². The van der Waals surface area contributed by atoms with E-state index in [1.165, 1.54) is 5.56 Å². The molecule has 0 N–H and O–H groups in total. The normalized spacial score (nSPS) is 15.9. The predicted molar refractivity (Wildman–Crippen MR) is 113 cm³/mol. The zero-order valence-corrected chi connectivity index (χ0v) is 17.5. The van der Waals surface area contributed by atoms with Crippen LogP contribution in [0.4, 0.5) is 0 Å². The Bertz CT molecular complexity index is 1270. The molecule has 7 heteroatoms. The fraction of sp³-hybridized carbons (Fsp3) is 0.348. The summed E-state index contributed by atoms with van der Waals surface area (Å²) < 4.78 is 3.51. The molecule has 3 heterocycles. The molecule has 30 heavy (non-hydrogen) atoms. The van der Waals surface area contributed by atoms with E-state index in [1.807, 2.05) is 19.3 Å². The van der Waals surface area contributed by atoms with Gasteiger partial charge in [0.25, 0.3) is 0 Å². The fourth-order valence-corrected chi connectivity index (χ4v) is 4.30. The molecular formula is C23H24N6O. The van der Waals surface area contributed by atoms with Gasteiger partial charge in [0.2, 0.25) is 0 Å². The molecule has 0 aliphatic heterocycles. The monoisotopic (exact) mass is 400 g/mol. The van der Waals surface area contributed by atoms with Crippen LogP contribution in [0.5, 0.6) is 0 Å². The summed E-state index contributed by atoms with van der Waals surface area (Å²) >= 11 is 0. The average molecular weight is 400 g/mol. The Balaban J connectivity index is 1.50. The number of fused-ring (bicyclic) bond motifs is 2. The van der Waals surface area contributed by atoms with Crippen molar-refractivity contribution in [2.75, 3.05) is 0 Å². The molecular weight excluding hydrogens is 376 g/mol. The molecule has 152 valence electrons. The molecule has 4 aromatic rings. The maximum atomic E-state index is 12.3. The van der Waals surface area contributed by atoms with Gasteiger partial charge in [-0.2, -0.15) is 9.61 Å². The molecule has 0 unspecified atom stereocenters. The molecule has 1 aromatic carbocycles. The topological polar surface area (TPSA) is 78.0 Å². The number of aryl methyl sites for hydroxylation is 1. The number of hydrogen-bond acceptors (Lipinski definition) is 5. The molecule has 0 atom stereocenters. The van der Waals surface area contributed by atoms with E-state index in [2.05, 4.69) is 42.1 Å². The van der Waals surface area contributed by atoms with Gasteiger partial charge in [0.1, 0.15) is 5.78 Å². The largest absolute Gasteiger partial charge is 0.299 e. The highest BCUT2D eigenvalue weighted by atomic mass is 16.1. The maximum Gasteiger partial charge on any atom is 0.166 e. The van der Waals surface area contributed by atoms with Crippen molar-refractivity contribution in [3.8, 4) is 11.4 Å². The third kappa shape index (κ3) is 3.30. The van der Waals surface area contributed by atoms with Gasteiger partial charge in [-0.3, -0.25) is 9.48 Å².